The van der Waals surface area contributed by atoms with Gasteiger partial charge in [0.2, 0.25) is 0 Å². The van der Waals surface area contributed by atoms with Gasteiger partial charge in [0.1, 0.15) is 11.4 Å². The minimum atomic E-state index is -0.226. The van der Waals surface area contributed by atoms with E-state index < -0.39 is 0 Å². The van der Waals surface area contributed by atoms with Gasteiger partial charge in [-0.1, -0.05) is 31.0 Å². The highest BCUT2D eigenvalue weighted by Crippen LogP contribution is 2.27. The molecule has 0 aliphatic carbocycles. The lowest BCUT2D eigenvalue weighted by Crippen LogP contribution is -2.28. The van der Waals surface area contributed by atoms with Crippen molar-refractivity contribution in [1.29, 1.82) is 0 Å². The van der Waals surface area contributed by atoms with Crippen molar-refractivity contribution in [1.82, 2.24) is 10.3 Å². The Bertz CT molecular complexity index is 821. The molecule has 1 aromatic carbocycles. The molecule has 2 aromatic rings. The number of benzene rings is 1. The third-order valence-corrected chi connectivity index (χ3v) is 4.57. The molecule has 0 aliphatic heterocycles. The Morgan fingerprint density at radius 3 is 2.54 bits per heavy atom. The van der Waals surface area contributed by atoms with Gasteiger partial charge in [-0.3, -0.25) is 9.59 Å². The van der Waals surface area contributed by atoms with Crippen LogP contribution in [0.3, 0.4) is 0 Å². The molecule has 26 heavy (non-hydrogen) atoms. The fourth-order valence-electron chi connectivity index (χ4n) is 3.39. The highest BCUT2D eigenvalue weighted by molar-refractivity contribution is 6.02. The van der Waals surface area contributed by atoms with Crippen molar-refractivity contribution < 1.29 is 14.3 Å². The second-order valence-electron chi connectivity index (χ2n) is 6.73. The fraction of sp³-hybridized carbons (Fsp3) is 0.429. The lowest BCUT2D eigenvalue weighted by atomic mass is 10.00. The average molecular weight is 356 g/mol. The summed E-state index contributed by atoms with van der Waals surface area (Å²) < 4.78 is 5.42. The van der Waals surface area contributed by atoms with E-state index in [1.165, 1.54) is 6.92 Å². The van der Waals surface area contributed by atoms with Crippen molar-refractivity contribution in [2.45, 2.75) is 53.5 Å². The van der Waals surface area contributed by atoms with E-state index in [9.17, 15) is 9.59 Å². The maximum absolute atomic E-state index is 12.9. The zero-order valence-electron chi connectivity index (χ0n) is 16.4. The molecule has 5 nitrogen and oxygen atoms in total. The van der Waals surface area contributed by atoms with Crippen molar-refractivity contribution in [2.24, 2.45) is 0 Å². The first-order valence-corrected chi connectivity index (χ1v) is 8.97. The number of hydrogen-bond acceptors (Lipinski definition) is 3. The van der Waals surface area contributed by atoms with E-state index >= 15 is 0 Å². The van der Waals surface area contributed by atoms with Crippen LogP contribution in [0.25, 0.3) is 0 Å². The van der Waals surface area contributed by atoms with Crippen LogP contribution in [0.5, 0.6) is 5.75 Å². The van der Waals surface area contributed by atoms with E-state index in [4.69, 9.17) is 4.74 Å². The molecule has 2 rings (SSSR count). The normalized spacial score (nSPS) is 11.9. The van der Waals surface area contributed by atoms with Crippen LogP contribution < -0.4 is 10.1 Å². The number of hydrogen-bond donors (Lipinski definition) is 2. The molecular formula is C21H28N2O3. The van der Waals surface area contributed by atoms with E-state index in [-0.39, 0.29) is 17.7 Å². The summed E-state index contributed by atoms with van der Waals surface area (Å²) in [7, 11) is 1.62. The standard InChI is InChI=1S/C21H28N2O3/c1-7-8-16-19(15(5)24)14(4)22-20(16)21(25)23-13(3)17-11-12(2)9-10-18(17)26-6/h9-11,13,22H,7-8H2,1-6H3,(H,23,25). The molecule has 140 valence electrons. The number of ether oxygens (including phenoxy) is 1. The summed E-state index contributed by atoms with van der Waals surface area (Å²) >= 11 is 0. The maximum Gasteiger partial charge on any atom is 0.268 e. The number of aromatic nitrogens is 1. The molecule has 0 spiro atoms. The molecule has 0 saturated carbocycles. The Kier molecular flexibility index (Phi) is 6.24. The van der Waals surface area contributed by atoms with Crippen LogP contribution in [-0.2, 0) is 6.42 Å². The number of ketones is 1. The van der Waals surface area contributed by atoms with Gasteiger partial charge in [-0.15, -0.1) is 0 Å². The number of carbonyl (C=O) groups is 2. The summed E-state index contributed by atoms with van der Waals surface area (Å²) in [6, 6.07) is 5.67. The second kappa shape index (κ2) is 8.21. The molecule has 1 heterocycles. The molecule has 1 unspecified atom stereocenters. The molecule has 0 saturated heterocycles. The van der Waals surface area contributed by atoms with Crippen LogP contribution in [0.15, 0.2) is 18.2 Å². The molecule has 1 aromatic heterocycles. The van der Waals surface area contributed by atoms with E-state index in [1.807, 2.05) is 45.9 Å². The molecule has 0 aliphatic rings. The lowest BCUT2D eigenvalue weighted by molar-refractivity contribution is 0.0933. The number of methoxy groups -OCH3 is 1. The Morgan fingerprint density at radius 1 is 1.27 bits per heavy atom. The van der Waals surface area contributed by atoms with Crippen LogP contribution in [0.4, 0.5) is 0 Å². The van der Waals surface area contributed by atoms with Crippen LogP contribution in [0.1, 0.15) is 76.5 Å². The number of aryl methyl sites for hydroxylation is 2. The molecule has 5 heteroatoms. The highest BCUT2D eigenvalue weighted by Gasteiger charge is 2.24. The predicted octanol–water partition coefficient (Wildman–Crippen LogP) is 4.29. The van der Waals surface area contributed by atoms with Crippen LogP contribution in [0.2, 0.25) is 0 Å². The van der Waals surface area contributed by atoms with E-state index in [0.717, 1.165) is 34.6 Å². The van der Waals surface area contributed by atoms with Gasteiger partial charge in [0.15, 0.2) is 5.78 Å². The lowest BCUT2D eigenvalue weighted by Gasteiger charge is -2.18. The van der Waals surface area contributed by atoms with Gasteiger partial charge in [0, 0.05) is 16.8 Å². The molecule has 0 fully saturated rings. The van der Waals surface area contributed by atoms with E-state index in [0.29, 0.717) is 17.7 Å². The summed E-state index contributed by atoms with van der Waals surface area (Å²) in [6.45, 7) is 9.34. The monoisotopic (exact) mass is 356 g/mol. The number of amides is 1. The summed E-state index contributed by atoms with van der Waals surface area (Å²) in [5.41, 5.74) is 4.69. The number of rotatable bonds is 7. The van der Waals surface area contributed by atoms with Crippen molar-refractivity contribution in [3.05, 3.63) is 51.8 Å². The SMILES string of the molecule is CCCc1c(C(=O)NC(C)c2cc(C)ccc2OC)[nH]c(C)c1C(C)=O. The number of Topliss-reactive ketones (excluding diaryl/α,β-unsaturated/α-hetero) is 1. The van der Waals surface area contributed by atoms with E-state index in [1.54, 1.807) is 7.11 Å². The third-order valence-electron chi connectivity index (χ3n) is 4.57. The van der Waals surface area contributed by atoms with Crippen molar-refractivity contribution in [3.63, 3.8) is 0 Å². The molecule has 1 amide bonds. The average Bonchev–Trinajstić information content (AvgIpc) is 2.91. The summed E-state index contributed by atoms with van der Waals surface area (Å²) in [6.07, 6.45) is 1.54. The van der Waals surface area contributed by atoms with Crippen LogP contribution in [-0.4, -0.2) is 23.8 Å². The number of carbonyl (C=O) groups excluding carboxylic acids is 2. The Balaban J connectivity index is 2.34. The van der Waals surface area contributed by atoms with Gasteiger partial charge >= 0.3 is 0 Å². The molecule has 0 bridgehead atoms. The Hall–Kier alpha value is -2.56. The quantitative estimate of drug-likeness (QED) is 0.727. The first-order chi connectivity index (χ1) is 12.3. The second-order valence-corrected chi connectivity index (χ2v) is 6.73. The van der Waals surface area contributed by atoms with Gasteiger partial charge in [-0.25, -0.2) is 0 Å². The number of nitrogens with one attached hydrogen (secondary N) is 2. The summed E-state index contributed by atoms with van der Waals surface area (Å²) in [5.74, 6) is 0.513. The van der Waals surface area contributed by atoms with Gasteiger partial charge in [-0.2, -0.15) is 0 Å². The van der Waals surface area contributed by atoms with Crippen molar-refractivity contribution >= 4 is 11.7 Å². The Morgan fingerprint density at radius 2 is 1.96 bits per heavy atom. The summed E-state index contributed by atoms with van der Waals surface area (Å²) in [4.78, 5) is 28.0. The molecular weight excluding hydrogens is 328 g/mol. The molecule has 1 atom stereocenters. The minimum absolute atomic E-state index is 0.0188. The summed E-state index contributed by atoms with van der Waals surface area (Å²) in [5, 5.41) is 3.03. The first-order valence-electron chi connectivity index (χ1n) is 8.97. The number of H-pyrrole nitrogens is 1. The fourth-order valence-corrected chi connectivity index (χ4v) is 3.39. The first kappa shape index (κ1) is 19.8. The molecule has 0 radical (unpaired) electrons. The molecule has 2 N–H and O–H groups in total. The minimum Gasteiger partial charge on any atom is -0.496 e. The van der Waals surface area contributed by atoms with Gasteiger partial charge < -0.3 is 15.0 Å². The Labute approximate surface area is 155 Å². The largest absolute Gasteiger partial charge is 0.496 e. The zero-order valence-corrected chi connectivity index (χ0v) is 16.4. The smallest absolute Gasteiger partial charge is 0.268 e. The van der Waals surface area contributed by atoms with Crippen LogP contribution >= 0.6 is 0 Å². The predicted molar refractivity (Wildman–Crippen MR) is 103 cm³/mol. The third kappa shape index (κ3) is 3.98. The zero-order chi connectivity index (χ0) is 19.4. The topological polar surface area (TPSA) is 71.2 Å². The van der Waals surface area contributed by atoms with Crippen LogP contribution in [0, 0.1) is 13.8 Å². The van der Waals surface area contributed by atoms with Gasteiger partial charge in [0.05, 0.1) is 13.2 Å². The van der Waals surface area contributed by atoms with Gasteiger partial charge in [0.25, 0.3) is 5.91 Å². The van der Waals surface area contributed by atoms with Crippen molar-refractivity contribution in [2.75, 3.05) is 7.11 Å². The van der Waals surface area contributed by atoms with E-state index in [2.05, 4.69) is 10.3 Å². The number of aromatic amines is 1. The maximum atomic E-state index is 12.9. The van der Waals surface area contributed by atoms with Gasteiger partial charge in [-0.05, 0) is 45.7 Å². The highest BCUT2D eigenvalue weighted by atomic mass is 16.5. The van der Waals surface area contributed by atoms with Crippen molar-refractivity contribution in [3.8, 4) is 5.75 Å².